The quantitative estimate of drug-likeness (QED) is 0.707. The van der Waals surface area contributed by atoms with Crippen LogP contribution in [0.1, 0.15) is 19.3 Å². The van der Waals surface area contributed by atoms with Gasteiger partial charge in [0.25, 0.3) is 0 Å². The number of aromatic nitrogens is 1. The molecule has 1 amide bonds. The van der Waals surface area contributed by atoms with Crippen molar-refractivity contribution in [3.63, 3.8) is 0 Å². The third kappa shape index (κ3) is 5.23. The standard InChI is InChI=1S/C17H20F2N2O3.C2HF3O2/c18-13-6-11(7-13)16(22)21-9-17(10-21)12(3-5-24-17)8-23-15-14(19)2-1-4-20-15;3-2(4,5)1(6)7/h1-2,4,11-13H,3,5-10H2;(H,6,7). The molecule has 1 aliphatic carbocycles. The van der Waals surface area contributed by atoms with Crippen molar-refractivity contribution in [3.8, 4) is 5.88 Å². The second-order valence-corrected chi connectivity index (χ2v) is 7.76. The number of pyridine rings is 1. The number of amides is 1. The Morgan fingerprint density at radius 3 is 2.52 bits per heavy atom. The zero-order chi connectivity index (χ0) is 22.8. The normalized spacial score (nSPS) is 26.4. The largest absolute Gasteiger partial charge is 0.490 e. The summed E-state index contributed by atoms with van der Waals surface area (Å²) in [5.41, 5.74) is -0.403. The predicted molar refractivity (Wildman–Crippen MR) is 94.4 cm³/mol. The van der Waals surface area contributed by atoms with Crippen LogP contribution in [-0.4, -0.2) is 71.1 Å². The van der Waals surface area contributed by atoms with Crippen molar-refractivity contribution in [3.05, 3.63) is 24.1 Å². The second-order valence-electron chi connectivity index (χ2n) is 7.76. The molecule has 1 aromatic rings. The number of carbonyl (C=O) groups excluding carboxylic acids is 1. The molecule has 3 fully saturated rings. The monoisotopic (exact) mass is 452 g/mol. The lowest BCUT2D eigenvalue weighted by Gasteiger charge is -2.51. The van der Waals surface area contributed by atoms with Crippen molar-refractivity contribution in [2.24, 2.45) is 11.8 Å². The minimum absolute atomic E-state index is 0.00439. The summed E-state index contributed by atoms with van der Waals surface area (Å²) in [5, 5.41) is 7.12. The number of rotatable bonds is 4. The molecule has 1 N–H and O–H groups in total. The first-order valence-electron chi connectivity index (χ1n) is 9.62. The Balaban J connectivity index is 0.000000339. The lowest BCUT2D eigenvalue weighted by atomic mass is 9.77. The molecule has 0 bridgehead atoms. The van der Waals surface area contributed by atoms with Crippen molar-refractivity contribution in [2.45, 2.75) is 37.2 Å². The fraction of sp³-hybridized carbons (Fsp3) is 0.632. The molecule has 2 saturated heterocycles. The highest BCUT2D eigenvalue weighted by atomic mass is 19.4. The van der Waals surface area contributed by atoms with Crippen molar-refractivity contribution < 1.29 is 46.1 Å². The number of halogens is 5. The van der Waals surface area contributed by atoms with Gasteiger partial charge < -0.3 is 19.5 Å². The van der Waals surface area contributed by atoms with Crippen molar-refractivity contribution in [1.82, 2.24) is 9.88 Å². The third-order valence-corrected chi connectivity index (χ3v) is 5.65. The fourth-order valence-electron chi connectivity index (χ4n) is 3.79. The van der Waals surface area contributed by atoms with Gasteiger partial charge in [0.05, 0.1) is 19.7 Å². The van der Waals surface area contributed by atoms with E-state index >= 15 is 0 Å². The van der Waals surface area contributed by atoms with Crippen LogP contribution < -0.4 is 4.74 Å². The summed E-state index contributed by atoms with van der Waals surface area (Å²) in [5.74, 6) is -3.29. The van der Waals surface area contributed by atoms with Gasteiger partial charge in [-0.25, -0.2) is 18.6 Å². The van der Waals surface area contributed by atoms with Gasteiger partial charge >= 0.3 is 12.1 Å². The molecule has 31 heavy (non-hydrogen) atoms. The van der Waals surface area contributed by atoms with Crippen LogP contribution in [0.5, 0.6) is 5.88 Å². The van der Waals surface area contributed by atoms with E-state index in [0.29, 0.717) is 39.1 Å². The number of nitrogens with zero attached hydrogens (tertiary/aromatic N) is 2. The number of carboxylic acids is 1. The van der Waals surface area contributed by atoms with Gasteiger partial charge in [0, 0.05) is 24.6 Å². The maximum Gasteiger partial charge on any atom is 0.490 e. The van der Waals surface area contributed by atoms with Crippen molar-refractivity contribution in [2.75, 3.05) is 26.3 Å². The molecule has 1 saturated carbocycles. The lowest BCUT2D eigenvalue weighted by molar-refractivity contribution is -0.192. The van der Waals surface area contributed by atoms with E-state index < -0.39 is 29.7 Å². The minimum atomic E-state index is -5.08. The van der Waals surface area contributed by atoms with E-state index in [1.807, 2.05) is 0 Å². The molecule has 172 valence electrons. The summed E-state index contributed by atoms with van der Waals surface area (Å²) in [6.07, 6.45) is -2.93. The van der Waals surface area contributed by atoms with Crippen LogP contribution in [0.25, 0.3) is 0 Å². The number of hydrogen-bond donors (Lipinski definition) is 1. The SMILES string of the molecule is O=C(C1CC(F)C1)N1CC2(C1)OCCC2COc1ncccc1F.O=C(O)C(F)(F)F. The third-order valence-electron chi connectivity index (χ3n) is 5.65. The van der Waals surface area contributed by atoms with Gasteiger partial charge in [-0.3, -0.25) is 4.79 Å². The zero-order valence-electron chi connectivity index (χ0n) is 16.3. The van der Waals surface area contributed by atoms with Crippen LogP contribution in [0.15, 0.2) is 18.3 Å². The highest BCUT2D eigenvalue weighted by molar-refractivity contribution is 5.81. The van der Waals surface area contributed by atoms with Gasteiger partial charge in [-0.15, -0.1) is 0 Å². The molecule has 1 atom stereocenters. The maximum absolute atomic E-state index is 13.6. The number of carbonyl (C=O) groups is 2. The first-order valence-corrected chi connectivity index (χ1v) is 9.62. The molecule has 7 nitrogen and oxygen atoms in total. The van der Waals surface area contributed by atoms with Gasteiger partial charge in [-0.2, -0.15) is 13.2 Å². The Morgan fingerprint density at radius 1 is 1.32 bits per heavy atom. The molecule has 2 aliphatic heterocycles. The molecule has 3 heterocycles. The Kier molecular flexibility index (Phi) is 6.68. The summed E-state index contributed by atoms with van der Waals surface area (Å²) in [6.45, 7) is 1.94. The van der Waals surface area contributed by atoms with E-state index in [2.05, 4.69) is 4.98 Å². The topological polar surface area (TPSA) is 89.0 Å². The summed E-state index contributed by atoms with van der Waals surface area (Å²) in [7, 11) is 0. The smallest absolute Gasteiger partial charge is 0.475 e. The van der Waals surface area contributed by atoms with Crippen LogP contribution in [0.2, 0.25) is 0 Å². The van der Waals surface area contributed by atoms with E-state index in [1.165, 1.54) is 18.3 Å². The van der Waals surface area contributed by atoms with Gasteiger partial charge in [0.1, 0.15) is 11.8 Å². The second kappa shape index (κ2) is 8.93. The lowest BCUT2D eigenvalue weighted by Crippen LogP contribution is -2.68. The number of alkyl halides is 4. The Bertz CT molecular complexity index is 809. The maximum atomic E-state index is 13.6. The van der Waals surface area contributed by atoms with Crippen LogP contribution in [-0.2, 0) is 14.3 Å². The highest BCUT2D eigenvalue weighted by Crippen LogP contribution is 2.42. The molecule has 0 radical (unpaired) electrons. The minimum Gasteiger partial charge on any atom is -0.475 e. The average molecular weight is 452 g/mol. The number of ether oxygens (including phenoxy) is 2. The van der Waals surface area contributed by atoms with Crippen LogP contribution >= 0.6 is 0 Å². The van der Waals surface area contributed by atoms with E-state index in [0.717, 1.165) is 6.42 Å². The van der Waals surface area contributed by atoms with Gasteiger partial charge in [-0.1, -0.05) is 0 Å². The van der Waals surface area contributed by atoms with Crippen molar-refractivity contribution in [1.29, 1.82) is 0 Å². The number of likely N-dealkylation sites (tertiary alicyclic amines) is 1. The average Bonchev–Trinajstić information content (AvgIpc) is 3.07. The fourth-order valence-corrected chi connectivity index (χ4v) is 3.79. The predicted octanol–water partition coefficient (Wildman–Crippen LogP) is 2.60. The molecular weight excluding hydrogens is 431 g/mol. The van der Waals surface area contributed by atoms with Crippen LogP contribution in [0, 0.1) is 17.7 Å². The summed E-state index contributed by atoms with van der Waals surface area (Å²) in [6, 6.07) is 2.82. The van der Waals surface area contributed by atoms with E-state index in [-0.39, 0.29) is 23.6 Å². The van der Waals surface area contributed by atoms with Gasteiger partial charge in [0.2, 0.25) is 11.8 Å². The van der Waals surface area contributed by atoms with Gasteiger partial charge in [-0.05, 0) is 31.4 Å². The van der Waals surface area contributed by atoms with Crippen LogP contribution in [0.4, 0.5) is 22.0 Å². The Labute approximate surface area is 174 Å². The Hall–Kier alpha value is -2.50. The van der Waals surface area contributed by atoms with E-state index in [9.17, 15) is 26.7 Å². The molecule has 4 rings (SSSR count). The number of hydrogen-bond acceptors (Lipinski definition) is 5. The summed E-state index contributed by atoms with van der Waals surface area (Å²) in [4.78, 5) is 26.8. The van der Waals surface area contributed by atoms with E-state index in [4.69, 9.17) is 19.4 Å². The Morgan fingerprint density at radius 2 is 1.97 bits per heavy atom. The zero-order valence-corrected chi connectivity index (χ0v) is 16.3. The molecule has 1 aromatic heterocycles. The first-order chi connectivity index (χ1) is 14.5. The molecule has 0 aromatic carbocycles. The van der Waals surface area contributed by atoms with E-state index in [1.54, 1.807) is 4.90 Å². The molecule has 3 aliphatic rings. The van der Waals surface area contributed by atoms with Gasteiger partial charge in [0.15, 0.2) is 5.82 Å². The molecule has 12 heteroatoms. The first kappa shape index (κ1) is 23.2. The summed E-state index contributed by atoms with van der Waals surface area (Å²) >= 11 is 0. The summed E-state index contributed by atoms with van der Waals surface area (Å²) < 4.78 is 69.6. The molecular formula is C19H21F5N2O5. The molecule has 1 unspecified atom stereocenters. The molecule has 1 spiro atoms. The van der Waals surface area contributed by atoms with Crippen LogP contribution in [0.3, 0.4) is 0 Å². The number of aliphatic carboxylic acids is 1. The highest BCUT2D eigenvalue weighted by Gasteiger charge is 2.56. The number of carboxylic acid groups (broad SMARTS) is 1. The van der Waals surface area contributed by atoms with Crippen molar-refractivity contribution >= 4 is 11.9 Å².